The fourth-order valence-electron chi connectivity index (χ4n) is 3.14. The molecule has 0 amide bonds. The van der Waals surface area contributed by atoms with E-state index in [9.17, 15) is 0 Å². The third kappa shape index (κ3) is 14.5. The van der Waals surface area contributed by atoms with E-state index in [0.717, 1.165) is 0 Å². The minimum absolute atomic E-state index is 0.722. The van der Waals surface area contributed by atoms with Crippen molar-refractivity contribution in [3.8, 4) is 0 Å². The zero-order valence-electron chi connectivity index (χ0n) is 15.9. The van der Waals surface area contributed by atoms with Crippen molar-refractivity contribution in [2.24, 2.45) is 0 Å². The van der Waals surface area contributed by atoms with E-state index in [-0.39, 0.29) is 0 Å². The molecule has 0 spiro atoms. The molecular weight excluding hydrogens is 350 g/mol. The van der Waals surface area contributed by atoms with E-state index in [4.69, 9.17) is 0 Å². The molecule has 0 unspecified atom stereocenters. The summed E-state index contributed by atoms with van der Waals surface area (Å²) in [6.07, 6.45) is 24.8. The van der Waals surface area contributed by atoms with Crippen LogP contribution in [0.4, 0.5) is 0 Å². The molecular formula is C20H43PSe. The molecule has 0 nitrogen and oxygen atoms in total. The summed E-state index contributed by atoms with van der Waals surface area (Å²) in [4.78, 5) is 0. The normalized spacial score (nSPS) is 12.0. The van der Waals surface area contributed by atoms with Gasteiger partial charge in [0, 0.05) is 0 Å². The van der Waals surface area contributed by atoms with Gasteiger partial charge in [-0.15, -0.1) is 0 Å². The van der Waals surface area contributed by atoms with Gasteiger partial charge in [0.05, 0.1) is 0 Å². The Morgan fingerprint density at radius 2 is 0.773 bits per heavy atom. The van der Waals surface area contributed by atoms with Gasteiger partial charge in [-0.1, -0.05) is 0 Å². The van der Waals surface area contributed by atoms with E-state index >= 15 is 0 Å². The van der Waals surface area contributed by atoms with E-state index in [2.05, 4.69) is 35.9 Å². The molecule has 0 heterocycles. The van der Waals surface area contributed by atoms with Gasteiger partial charge >= 0.3 is 150 Å². The number of hydrogen-bond acceptors (Lipinski definition) is 0. The Bertz CT molecular complexity index is 242. The maximum atomic E-state index is 3.74. The Kier molecular flexibility index (Phi) is 17.5. The van der Waals surface area contributed by atoms with Crippen molar-refractivity contribution < 1.29 is 0 Å². The van der Waals surface area contributed by atoms with Gasteiger partial charge < -0.3 is 0 Å². The van der Waals surface area contributed by atoms with E-state index in [1.165, 1.54) is 108 Å². The van der Waals surface area contributed by atoms with Gasteiger partial charge in [-0.25, -0.2) is 0 Å². The van der Waals surface area contributed by atoms with Gasteiger partial charge in [0.25, 0.3) is 0 Å². The van der Waals surface area contributed by atoms with Gasteiger partial charge in [-0.3, -0.25) is 0 Å². The maximum absolute atomic E-state index is 3.74. The standard InChI is InChI=1S/C20H43PSe/c1-4-7-10-12-14-16-19-21(22,18-9-6-3)20-17-15-13-11-8-5-2/h4-20H2,1-3H3. The molecule has 0 aliphatic heterocycles. The molecule has 0 bridgehead atoms. The van der Waals surface area contributed by atoms with Crippen LogP contribution in [0.5, 0.6) is 0 Å². The second kappa shape index (κ2) is 16.8. The topological polar surface area (TPSA) is 0 Å². The molecule has 0 atom stereocenters. The van der Waals surface area contributed by atoms with Gasteiger partial charge in [0.15, 0.2) is 0 Å². The van der Waals surface area contributed by atoms with Crippen molar-refractivity contribution in [1.29, 1.82) is 0 Å². The summed E-state index contributed by atoms with van der Waals surface area (Å²) in [5.41, 5.74) is -0.722. The van der Waals surface area contributed by atoms with Crippen LogP contribution in [0.15, 0.2) is 0 Å². The molecule has 0 N–H and O–H groups in total. The summed E-state index contributed by atoms with van der Waals surface area (Å²) >= 11 is 3.74. The zero-order chi connectivity index (χ0) is 16.5. The second-order valence-corrected chi connectivity index (χ2v) is 15.5. The van der Waals surface area contributed by atoms with Crippen LogP contribution < -0.4 is 0 Å². The molecule has 2 heteroatoms. The van der Waals surface area contributed by atoms with Gasteiger partial charge in [-0.05, 0) is 0 Å². The molecule has 0 aromatic heterocycles. The molecule has 0 aliphatic rings. The van der Waals surface area contributed by atoms with Crippen LogP contribution in [0, 0.1) is 0 Å². The third-order valence-electron chi connectivity index (χ3n) is 4.76. The van der Waals surface area contributed by atoms with E-state index in [1.807, 2.05) is 0 Å². The van der Waals surface area contributed by atoms with Crippen molar-refractivity contribution in [2.45, 2.75) is 111 Å². The van der Waals surface area contributed by atoms with Gasteiger partial charge in [0.2, 0.25) is 0 Å². The van der Waals surface area contributed by atoms with Crippen molar-refractivity contribution >= 4 is 20.6 Å². The Morgan fingerprint density at radius 1 is 0.455 bits per heavy atom. The molecule has 134 valence electrons. The van der Waals surface area contributed by atoms with Crippen LogP contribution in [0.2, 0.25) is 0 Å². The first-order valence-corrected chi connectivity index (χ1v) is 14.8. The van der Waals surface area contributed by atoms with Gasteiger partial charge in [-0.2, -0.15) is 0 Å². The Labute approximate surface area is 149 Å². The Balaban J connectivity index is 3.87. The summed E-state index contributed by atoms with van der Waals surface area (Å²) in [5.74, 6) is 0. The monoisotopic (exact) mass is 394 g/mol. The third-order valence-corrected chi connectivity index (χ3v) is 11.6. The zero-order valence-corrected chi connectivity index (χ0v) is 18.5. The Hall–Kier alpha value is 0.949. The average molecular weight is 393 g/mol. The van der Waals surface area contributed by atoms with Crippen LogP contribution in [0.3, 0.4) is 0 Å². The molecule has 0 saturated carbocycles. The number of rotatable bonds is 17. The first-order valence-electron chi connectivity index (χ1n) is 10.3. The molecule has 0 rings (SSSR count). The molecule has 0 saturated heterocycles. The van der Waals surface area contributed by atoms with E-state index in [0.29, 0.717) is 0 Å². The molecule has 0 aromatic rings. The fraction of sp³-hybridized carbons (Fsp3) is 1.00. The minimum atomic E-state index is -0.722. The quantitative estimate of drug-likeness (QED) is 0.135. The molecule has 0 fully saturated rings. The Morgan fingerprint density at radius 3 is 1.18 bits per heavy atom. The molecule has 0 radical (unpaired) electrons. The summed E-state index contributed by atoms with van der Waals surface area (Å²) < 4.78 is 0. The first kappa shape index (κ1) is 22.9. The molecule has 0 aliphatic carbocycles. The SMILES string of the molecule is CCCCCCCCP(=[Se])(CCCC)CCCCCCCC. The number of hydrogen-bond donors (Lipinski definition) is 0. The summed E-state index contributed by atoms with van der Waals surface area (Å²) in [6.45, 7) is 6.96. The van der Waals surface area contributed by atoms with Crippen LogP contribution in [-0.2, 0) is 0 Å². The van der Waals surface area contributed by atoms with E-state index < -0.39 is 5.51 Å². The second-order valence-electron chi connectivity index (χ2n) is 7.12. The van der Waals surface area contributed by atoms with Crippen LogP contribution >= 0.6 is 5.51 Å². The molecule has 0 aromatic carbocycles. The predicted molar refractivity (Wildman–Crippen MR) is 109 cm³/mol. The number of unbranched alkanes of at least 4 members (excludes halogenated alkanes) is 11. The van der Waals surface area contributed by atoms with Crippen LogP contribution in [0.25, 0.3) is 0 Å². The molecule has 22 heavy (non-hydrogen) atoms. The van der Waals surface area contributed by atoms with Crippen LogP contribution in [0.1, 0.15) is 111 Å². The fourth-order valence-corrected chi connectivity index (χ4v) is 8.74. The van der Waals surface area contributed by atoms with E-state index in [1.54, 1.807) is 0 Å². The van der Waals surface area contributed by atoms with Gasteiger partial charge in [0.1, 0.15) is 0 Å². The predicted octanol–water partition coefficient (Wildman–Crippen LogP) is 7.61. The van der Waals surface area contributed by atoms with Crippen LogP contribution in [-0.4, -0.2) is 33.6 Å². The first-order chi connectivity index (χ1) is 10.7. The summed E-state index contributed by atoms with van der Waals surface area (Å²) in [6, 6.07) is 0. The van der Waals surface area contributed by atoms with Crippen molar-refractivity contribution in [1.82, 2.24) is 0 Å². The van der Waals surface area contributed by atoms with Crippen molar-refractivity contribution in [3.05, 3.63) is 0 Å². The summed E-state index contributed by atoms with van der Waals surface area (Å²) in [5, 5.41) is 0. The van der Waals surface area contributed by atoms with Crippen molar-refractivity contribution in [2.75, 3.05) is 18.5 Å². The summed E-state index contributed by atoms with van der Waals surface area (Å²) in [7, 11) is 0. The van der Waals surface area contributed by atoms with Crippen molar-refractivity contribution in [3.63, 3.8) is 0 Å². The average Bonchev–Trinajstić information content (AvgIpc) is 2.52.